The first-order valence-electron chi connectivity index (χ1n) is 9.33. The van der Waals surface area contributed by atoms with Crippen molar-refractivity contribution in [2.75, 3.05) is 6.61 Å². The summed E-state index contributed by atoms with van der Waals surface area (Å²) in [5.74, 6) is 0.660. The molecule has 0 bridgehead atoms. The van der Waals surface area contributed by atoms with Gasteiger partial charge in [-0.2, -0.15) is 5.10 Å². The van der Waals surface area contributed by atoms with E-state index in [2.05, 4.69) is 59.4 Å². The standard InChI is InChI=1S/C23H27BrN2O2/c1-23(2,3)19-13-14-21(20(24)17-19)28-16-8-12-22(27)26-25-15-7-11-18-9-5-4-6-10-18/h4-7,9-11,13-15,17H,8,12,16H2,1-3H3,(H,26,27)/b11-7+,25-15+. The van der Waals surface area contributed by atoms with Gasteiger partial charge in [-0.05, 0) is 57.1 Å². The number of nitrogens with zero attached hydrogens (tertiary/aromatic N) is 1. The lowest BCUT2D eigenvalue weighted by molar-refractivity contribution is -0.121. The summed E-state index contributed by atoms with van der Waals surface area (Å²) in [5, 5.41) is 3.91. The van der Waals surface area contributed by atoms with E-state index in [0.717, 1.165) is 15.8 Å². The van der Waals surface area contributed by atoms with E-state index in [1.54, 1.807) is 12.3 Å². The molecule has 0 radical (unpaired) electrons. The van der Waals surface area contributed by atoms with E-state index in [-0.39, 0.29) is 11.3 Å². The second-order valence-electron chi connectivity index (χ2n) is 7.43. The van der Waals surface area contributed by atoms with Crippen molar-refractivity contribution < 1.29 is 9.53 Å². The van der Waals surface area contributed by atoms with Crippen LogP contribution in [0.3, 0.4) is 0 Å². The molecule has 0 aliphatic heterocycles. The van der Waals surface area contributed by atoms with Crippen LogP contribution in [0.2, 0.25) is 0 Å². The quantitative estimate of drug-likeness (QED) is 0.322. The van der Waals surface area contributed by atoms with Crippen LogP contribution in [0.25, 0.3) is 6.08 Å². The number of nitrogens with one attached hydrogen (secondary N) is 1. The Morgan fingerprint density at radius 3 is 2.61 bits per heavy atom. The molecule has 2 aromatic carbocycles. The van der Waals surface area contributed by atoms with Crippen LogP contribution in [0.15, 0.2) is 64.2 Å². The number of allylic oxidation sites excluding steroid dienone is 1. The zero-order valence-corrected chi connectivity index (χ0v) is 18.2. The topological polar surface area (TPSA) is 50.7 Å². The molecule has 1 N–H and O–H groups in total. The maximum atomic E-state index is 11.8. The fraction of sp³-hybridized carbons (Fsp3) is 0.304. The van der Waals surface area contributed by atoms with Gasteiger partial charge in [0, 0.05) is 12.6 Å². The van der Waals surface area contributed by atoms with Gasteiger partial charge in [-0.3, -0.25) is 4.79 Å². The molecular formula is C23H27BrN2O2. The zero-order chi connectivity index (χ0) is 20.4. The molecule has 0 heterocycles. The zero-order valence-electron chi connectivity index (χ0n) is 16.6. The largest absolute Gasteiger partial charge is 0.492 e. The lowest BCUT2D eigenvalue weighted by Gasteiger charge is -2.20. The first-order valence-corrected chi connectivity index (χ1v) is 10.1. The van der Waals surface area contributed by atoms with Gasteiger partial charge in [0.2, 0.25) is 5.91 Å². The lowest BCUT2D eigenvalue weighted by Crippen LogP contribution is -2.17. The number of benzene rings is 2. The average molecular weight is 443 g/mol. The van der Waals surface area contributed by atoms with Crippen molar-refractivity contribution in [3.63, 3.8) is 0 Å². The van der Waals surface area contributed by atoms with E-state index in [0.29, 0.717) is 19.4 Å². The lowest BCUT2D eigenvalue weighted by atomic mass is 9.87. The fourth-order valence-electron chi connectivity index (χ4n) is 2.43. The van der Waals surface area contributed by atoms with Crippen LogP contribution in [0, 0.1) is 0 Å². The van der Waals surface area contributed by atoms with Gasteiger partial charge in [0.1, 0.15) is 5.75 Å². The fourth-order valence-corrected chi connectivity index (χ4v) is 2.92. The summed E-state index contributed by atoms with van der Waals surface area (Å²) in [6, 6.07) is 16.0. The predicted octanol–water partition coefficient (Wildman–Crippen LogP) is 5.72. The van der Waals surface area contributed by atoms with Crippen LogP contribution >= 0.6 is 15.9 Å². The Morgan fingerprint density at radius 1 is 1.18 bits per heavy atom. The molecule has 0 aliphatic carbocycles. The summed E-state index contributed by atoms with van der Waals surface area (Å²) in [6.45, 7) is 6.99. The molecule has 2 aromatic rings. The van der Waals surface area contributed by atoms with Crippen LogP contribution in [0.1, 0.15) is 44.7 Å². The first kappa shape index (κ1) is 21.9. The smallest absolute Gasteiger partial charge is 0.240 e. The van der Waals surface area contributed by atoms with Crippen molar-refractivity contribution in [2.24, 2.45) is 5.10 Å². The molecule has 5 heteroatoms. The van der Waals surface area contributed by atoms with Crippen molar-refractivity contribution in [1.29, 1.82) is 0 Å². The van der Waals surface area contributed by atoms with Gasteiger partial charge >= 0.3 is 0 Å². The van der Waals surface area contributed by atoms with Gasteiger partial charge in [0.25, 0.3) is 0 Å². The number of carbonyl (C=O) groups is 1. The number of halogens is 1. The van der Waals surface area contributed by atoms with Gasteiger partial charge in [0.05, 0.1) is 11.1 Å². The molecule has 1 amide bonds. The minimum atomic E-state index is -0.130. The highest BCUT2D eigenvalue weighted by atomic mass is 79.9. The van der Waals surface area contributed by atoms with Gasteiger partial charge in [-0.15, -0.1) is 0 Å². The molecule has 4 nitrogen and oxygen atoms in total. The van der Waals surface area contributed by atoms with E-state index < -0.39 is 0 Å². The summed E-state index contributed by atoms with van der Waals surface area (Å²) in [4.78, 5) is 11.8. The van der Waals surface area contributed by atoms with Gasteiger partial charge in [0.15, 0.2) is 0 Å². The Labute approximate surface area is 175 Å². The molecular weight excluding hydrogens is 416 g/mol. The maximum absolute atomic E-state index is 11.8. The highest BCUT2D eigenvalue weighted by Gasteiger charge is 2.15. The number of hydrogen-bond acceptors (Lipinski definition) is 3. The van der Waals surface area contributed by atoms with Crippen LogP contribution in [0.5, 0.6) is 5.75 Å². The molecule has 0 atom stereocenters. The van der Waals surface area contributed by atoms with Gasteiger partial charge in [-0.1, -0.05) is 63.2 Å². The number of rotatable bonds is 8. The molecule has 148 valence electrons. The van der Waals surface area contributed by atoms with Crippen LogP contribution in [-0.2, 0) is 10.2 Å². The third kappa shape index (κ3) is 7.69. The molecule has 0 fully saturated rings. The summed E-state index contributed by atoms with van der Waals surface area (Å²) in [7, 11) is 0. The second-order valence-corrected chi connectivity index (χ2v) is 8.28. The number of carbonyl (C=O) groups excluding carboxylic acids is 1. The summed E-state index contributed by atoms with van der Waals surface area (Å²) in [6.07, 6.45) is 6.26. The molecule has 0 spiro atoms. The van der Waals surface area contributed by atoms with Crippen molar-refractivity contribution in [2.45, 2.75) is 39.0 Å². The monoisotopic (exact) mass is 442 g/mol. The minimum Gasteiger partial charge on any atom is -0.492 e. The number of amides is 1. The van der Waals surface area contributed by atoms with Crippen LogP contribution in [-0.4, -0.2) is 18.7 Å². The molecule has 0 saturated carbocycles. The Kier molecular flexibility index (Phi) is 8.45. The second kappa shape index (κ2) is 10.8. The predicted molar refractivity (Wildman–Crippen MR) is 120 cm³/mol. The summed E-state index contributed by atoms with van der Waals surface area (Å²) >= 11 is 3.56. The van der Waals surface area contributed by atoms with E-state index >= 15 is 0 Å². The SMILES string of the molecule is CC(C)(C)c1ccc(OCCCC(=O)N/N=C/C=C/c2ccccc2)c(Br)c1. The van der Waals surface area contributed by atoms with Crippen molar-refractivity contribution in [1.82, 2.24) is 5.43 Å². The Morgan fingerprint density at radius 2 is 1.93 bits per heavy atom. The first-order chi connectivity index (χ1) is 13.4. The normalized spacial score (nSPS) is 11.9. The van der Waals surface area contributed by atoms with E-state index in [1.807, 2.05) is 42.5 Å². The highest BCUT2D eigenvalue weighted by molar-refractivity contribution is 9.10. The number of ether oxygens (including phenoxy) is 1. The molecule has 0 saturated heterocycles. The molecule has 0 aromatic heterocycles. The van der Waals surface area contributed by atoms with Gasteiger partial charge < -0.3 is 4.74 Å². The average Bonchev–Trinajstić information content (AvgIpc) is 2.66. The Bertz CT molecular complexity index is 824. The highest BCUT2D eigenvalue weighted by Crippen LogP contribution is 2.31. The molecule has 2 rings (SSSR count). The summed E-state index contributed by atoms with van der Waals surface area (Å²) in [5.41, 5.74) is 4.93. The maximum Gasteiger partial charge on any atom is 0.240 e. The number of hydrogen-bond donors (Lipinski definition) is 1. The van der Waals surface area contributed by atoms with Crippen LogP contribution < -0.4 is 10.2 Å². The molecule has 0 unspecified atom stereocenters. The van der Waals surface area contributed by atoms with Crippen molar-refractivity contribution in [3.05, 3.63) is 70.2 Å². The summed E-state index contributed by atoms with van der Waals surface area (Å²) < 4.78 is 6.70. The van der Waals surface area contributed by atoms with Crippen LogP contribution in [0.4, 0.5) is 0 Å². The van der Waals surface area contributed by atoms with Gasteiger partial charge in [-0.25, -0.2) is 5.43 Å². The number of hydrazone groups is 1. The Hall–Kier alpha value is -2.40. The molecule has 0 aliphatic rings. The van der Waals surface area contributed by atoms with E-state index in [4.69, 9.17) is 4.74 Å². The van der Waals surface area contributed by atoms with Crippen molar-refractivity contribution in [3.8, 4) is 5.75 Å². The third-order valence-corrected chi connectivity index (χ3v) is 4.66. The van der Waals surface area contributed by atoms with E-state index in [9.17, 15) is 4.79 Å². The molecule has 28 heavy (non-hydrogen) atoms. The van der Waals surface area contributed by atoms with Crippen molar-refractivity contribution >= 4 is 34.1 Å². The minimum absolute atomic E-state index is 0.0932. The Balaban J connectivity index is 1.67. The third-order valence-electron chi connectivity index (χ3n) is 4.04. The van der Waals surface area contributed by atoms with E-state index in [1.165, 1.54) is 5.56 Å².